The van der Waals surface area contributed by atoms with Crippen molar-refractivity contribution in [1.29, 1.82) is 0 Å². The van der Waals surface area contributed by atoms with Gasteiger partial charge in [-0.3, -0.25) is 9.59 Å². The zero-order chi connectivity index (χ0) is 47.1. The number of hydrogen-bond acceptors (Lipinski definition) is 3. The average molecular weight is 916 g/mol. The van der Waals surface area contributed by atoms with Crippen molar-refractivity contribution in [2.75, 3.05) is 0 Å². The number of carbonyl (C=O) groups excluding carboxylic acids is 1. The topological polar surface area (TPSA) is 74.6 Å². The Morgan fingerprint density at radius 2 is 0.646 bits per heavy atom. The molecule has 4 heteroatoms. The normalized spacial score (nSPS) is 16.2. The van der Waals surface area contributed by atoms with Crippen LogP contribution in [0.3, 0.4) is 0 Å². The molecule has 386 valence electrons. The number of ketones is 1. The van der Waals surface area contributed by atoms with E-state index in [1.807, 2.05) is 0 Å². The van der Waals surface area contributed by atoms with Gasteiger partial charge in [0.05, 0.1) is 12.0 Å². The van der Waals surface area contributed by atoms with Crippen LogP contribution in [-0.4, -0.2) is 28.1 Å². The quantitative estimate of drug-likeness (QED) is 0.0596. The van der Waals surface area contributed by atoms with E-state index in [2.05, 4.69) is 13.8 Å². The van der Waals surface area contributed by atoms with Crippen LogP contribution in [0.25, 0.3) is 0 Å². The monoisotopic (exact) mass is 915 g/mol. The van der Waals surface area contributed by atoms with Gasteiger partial charge in [-0.25, -0.2) is 0 Å². The Hall–Kier alpha value is -0.900. The fourth-order valence-corrected chi connectivity index (χ4v) is 10.7. The minimum atomic E-state index is -0.895. The molecular formula is C61H118O4. The number of aliphatic carboxylic acids is 1. The Bertz CT molecular complexity index is 994. The van der Waals surface area contributed by atoms with Crippen molar-refractivity contribution in [1.82, 2.24) is 0 Å². The summed E-state index contributed by atoms with van der Waals surface area (Å²) in [5, 5.41) is 18.8. The standard InChI is InChI=1S/C61H118O4/c1-4-5-6-7-8-9-10-11-12-15-19-24-29-34-39-44-49-55(2)59(62)52-47-42-37-32-27-22-17-14-13-16-20-25-30-35-40-45-50-57-54-58(57)51-46-41-36-31-26-21-18-23-28-33-38-43-48-53-60(63)56(3)61(64)65/h55-58,60,63H,4-54H2,1-3H3,(H,64,65)/t55?,56-,57?,58-,60-/m1/s1. The zero-order valence-electron chi connectivity index (χ0n) is 44.7. The van der Waals surface area contributed by atoms with Crippen LogP contribution in [0, 0.1) is 23.7 Å². The summed E-state index contributed by atoms with van der Waals surface area (Å²) in [6.07, 6.45) is 68.6. The summed E-state index contributed by atoms with van der Waals surface area (Å²) in [5.74, 6) is 1.42. The van der Waals surface area contributed by atoms with E-state index in [1.54, 1.807) is 6.92 Å². The van der Waals surface area contributed by atoms with E-state index in [0.717, 1.165) is 43.9 Å². The van der Waals surface area contributed by atoms with Gasteiger partial charge in [0.15, 0.2) is 0 Å². The third kappa shape index (κ3) is 42.9. The summed E-state index contributed by atoms with van der Waals surface area (Å²) in [6.45, 7) is 6.08. The molecule has 0 amide bonds. The van der Waals surface area contributed by atoms with Crippen LogP contribution >= 0.6 is 0 Å². The Kier molecular flexibility index (Phi) is 46.0. The van der Waals surface area contributed by atoms with Crippen molar-refractivity contribution in [3.63, 3.8) is 0 Å². The zero-order valence-corrected chi connectivity index (χ0v) is 44.7. The van der Waals surface area contributed by atoms with Gasteiger partial charge in [-0.15, -0.1) is 0 Å². The van der Waals surface area contributed by atoms with E-state index in [0.29, 0.717) is 12.2 Å². The predicted molar refractivity (Wildman–Crippen MR) is 285 cm³/mol. The molecule has 0 aliphatic heterocycles. The minimum absolute atomic E-state index is 0.283. The van der Waals surface area contributed by atoms with E-state index < -0.39 is 18.0 Å². The van der Waals surface area contributed by atoms with Crippen molar-refractivity contribution in [2.45, 2.75) is 354 Å². The minimum Gasteiger partial charge on any atom is -0.481 e. The van der Waals surface area contributed by atoms with Crippen molar-refractivity contribution < 1.29 is 19.8 Å². The summed E-state index contributed by atoms with van der Waals surface area (Å²) in [5.41, 5.74) is 0. The average Bonchev–Trinajstić information content (AvgIpc) is 4.06. The third-order valence-corrected chi connectivity index (χ3v) is 15.9. The Morgan fingerprint density at radius 3 is 0.954 bits per heavy atom. The molecule has 0 spiro atoms. The molecule has 4 nitrogen and oxygen atoms in total. The molecule has 0 radical (unpaired) electrons. The molecule has 0 saturated heterocycles. The first kappa shape index (κ1) is 62.1. The molecule has 1 rings (SSSR count). The number of unbranched alkanes of at least 4 members (excludes halogenated alkanes) is 42. The second-order valence-electron chi connectivity index (χ2n) is 22.3. The summed E-state index contributed by atoms with van der Waals surface area (Å²) in [4.78, 5) is 23.6. The van der Waals surface area contributed by atoms with Crippen molar-refractivity contribution in [3.8, 4) is 0 Å². The fraction of sp³-hybridized carbons (Fsp3) is 0.967. The molecule has 0 aromatic carbocycles. The molecule has 0 aromatic rings. The van der Waals surface area contributed by atoms with Gasteiger partial charge in [-0.1, -0.05) is 309 Å². The molecule has 1 aliphatic rings. The van der Waals surface area contributed by atoms with E-state index in [9.17, 15) is 14.7 Å². The highest BCUT2D eigenvalue weighted by Gasteiger charge is 2.35. The molecule has 1 aliphatic carbocycles. The third-order valence-electron chi connectivity index (χ3n) is 15.9. The van der Waals surface area contributed by atoms with Crippen LogP contribution in [0.5, 0.6) is 0 Å². The van der Waals surface area contributed by atoms with Crippen molar-refractivity contribution in [3.05, 3.63) is 0 Å². The van der Waals surface area contributed by atoms with E-state index in [4.69, 9.17) is 5.11 Å². The molecule has 1 fully saturated rings. The van der Waals surface area contributed by atoms with Crippen molar-refractivity contribution in [2.24, 2.45) is 23.7 Å². The highest BCUT2D eigenvalue weighted by Crippen LogP contribution is 2.45. The van der Waals surface area contributed by atoms with Gasteiger partial charge in [-0.05, 0) is 44.4 Å². The van der Waals surface area contributed by atoms with Gasteiger partial charge >= 0.3 is 5.97 Å². The lowest BCUT2D eigenvalue weighted by Crippen LogP contribution is -2.25. The largest absolute Gasteiger partial charge is 0.481 e. The Balaban J connectivity index is 1.70. The summed E-state index contributed by atoms with van der Waals surface area (Å²) in [7, 11) is 0. The Morgan fingerprint density at radius 1 is 0.385 bits per heavy atom. The lowest BCUT2D eigenvalue weighted by molar-refractivity contribution is -0.145. The first-order valence-corrected chi connectivity index (χ1v) is 30.3. The predicted octanol–water partition coefficient (Wildman–Crippen LogP) is 20.4. The maximum Gasteiger partial charge on any atom is 0.308 e. The molecule has 5 atom stereocenters. The van der Waals surface area contributed by atoms with Gasteiger partial charge in [0.25, 0.3) is 0 Å². The molecule has 0 heterocycles. The second kappa shape index (κ2) is 48.1. The highest BCUT2D eigenvalue weighted by atomic mass is 16.4. The van der Waals surface area contributed by atoms with Crippen LogP contribution < -0.4 is 0 Å². The first-order valence-electron chi connectivity index (χ1n) is 30.3. The molecule has 0 aromatic heterocycles. The first-order chi connectivity index (χ1) is 31.9. The SMILES string of the molecule is CCCCCCCCCCCCCCCCCCC(C)C(=O)CCCCCCCCCCCCCCCCCCC1C[C@H]1CCCCCCCCCCCCCCC[C@@H](O)[C@@H](C)C(=O)O. The second-order valence-corrected chi connectivity index (χ2v) is 22.3. The lowest BCUT2D eigenvalue weighted by Gasteiger charge is -2.14. The maximum absolute atomic E-state index is 12.6. The lowest BCUT2D eigenvalue weighted by atomic mass is 9.94. The molecule has 1 saturated carbocycles. The number of aliphatic hydroxyl groups is 1. The van der Waals surface area contributed by atoms with Crippen LogP contribution in [-0.2, 0) is 9.59 Å². The van der Waals surface area contributed by atoms with Gasteiger partial charge in [0.2, 0.25) is 0 Å². The van der Waals surface area contributed by atoms with E-state index in [1.165, 1.54) is 289 Å². The summed E-state index contributed by atoms with van der Waals surface area (Å²) < 4.78 is 0. The number of carboxylic acids is 1. The van der Waals surface area contributed by atoms with Crippen molar-refractivity contribution >= 4 is 11.8 Å². The van der Waals surface area contributed by atoms with Gasteiger partial charge < -0.3 is 10.2 Å². The molecule has 65 heavy (non-hydrogen) atoms. The number of hydrogen-bond donors (Lipinski definition) is 2. The number of aliphatic hydroxyl groups excluding tert-OH is 1. The molecular weight excluding hydrogens is 797 g/mol. The Labute approximate surface area is 408 Å². The molecule has 2 unspecified atom stereocenters. The smallest absolute Gasteiger partial charge is 0.308 e. The molecule has 2 N–H and O–H groups in total. The molecule has 0 bridgehead atoms. The summed E-state index contributed by atoms with van der Waals surface area (Å²) >= 11 is 0. The van der Waals surface area contributed by atoms with Crippen LogP contribution in [0.1, 0.15) is 348 Å². The van der Waals surface area contributed by atoms with Gasteiger partial charge in [0, 0.05) is 12.3 Å². The van der Waals surface area contributed by atoms with Crippen LogP contribution in [0.4, 0.5) is 0 Å². The van der Waals surface area contributed by atoms with E-state index >= 15 is 0 Å². The summed E-state index contributed by atoms with van der Waals surface area (Å²) in [6, 6.07) is 0. The number of Topliss-reactive ketones (excluding diaryl/α,β-unsaturated/α-hetero) is 1. The van der Waals surface area contributed by atoms with Gasteiger partial charge in [-0.2, -0.15) is 0 Å². The van der Waals surface area contributed by atoms with Crippen LogP contribution in [0.15, 0.2) is 0 Å². The van der Waals surface area contributed by atoms with E-state index in [-0.39, 0.29) is 5.92 Å². The fourth-order valence-electron chi connectivity index (χ4n) is 10.7. The highest BCUT2D eigenvalue weighted by molar-refractivity contribution is 5.80. The number of carbonyl (C=O) groups is 2. The number of carboxylic acid groups (broad SMARTS) is 1. The number of rotatable bonds is 55. The van der Waals surface area contributed by atoms with Gasteiger partial charge in [0.1, 0.15) is 5.78 Å². The maximum atomic E-state index is 12.6. The van der Waals surface area contributed by atoms with Crippen LogP contribution in [0.2, 0.25) is 0 Å².